The van der Waals surface area contributed by atoms with E-state index in [1.54, 1.807) is 7.05 Å². The minimum Gasteiger partial charge on any atom is -0.490 e. The molecule has 2 heterocycles. The Balaban J connectivity index is 1.62. The number of aromatic nitrogens is 2. The molecule has 0 bridgehead atoms. The molecule has 0 radical (unpaired) electrons. The second-order valence-electron chi connectivity index (χ2n) is 6.65. The first-order chi connectivity index (χ1) is 12.7. The van der Waals surface area contributed by atoms with E-state index in [1.165, 1.54) is 0 Å². The molecule has 0 saturated heterocycles. The highest BCUT2D eigenvalue weighted by molar-refractivity contribution is 5.93. The molecule has 0 atom stereocenters. The molecule has 7 nitrogen and oxygen atoms in total. The predicted octanol–water partition coefficient (Wildman–Crippen LogP) is 2.89. The number of anilines is 1. The van der Waals surface area contributed by atoms with Crippen molar-refractivity contribution in [2.24, 2.45) is 10.9 Å². The SMILES string of the molecule is CN=C(NCc1nccn1CC(C)C)Nc1ccc2c(c1)OCCCO2. The Hall–Kier alpha value is -2.70. The van der Waals surface area contributed by atoms with Crippen LogP contribution in [0.25, 0.3) is 0 Å². The van der Waals surface area contributed by atoms with Crippen LogP contribution in [0.5, 0.6) is 11.5 Å². The van der Waals surface area contributed by atoms with Crippen LogP contribution in [0, 0.1) is 5.92 Å². The molecule has 7 heteroatoms. The number of nitrogens with zero attached hydrogens (tertiary/aromatic N) is 3. The van der Waals surface area contributed by atoms with Gasteiger partial charge in [-0.2, -0.15) is 0 Å². The highest BCUT2D eigenvalue weighted by Gasteiger charge is 2.12. The van der Waals surface area contributed by atoms with Crippen molar-refractivity contribution in [3.8, 4) is 11.5 Å². The van der Waals surface area contributed by atoms with E-state index >= 15 is 0 Å². The molecule has 1 aromatic heterocycles. The van der Waals surface area contributed by atoms with Crippen LogP contribution in [-0.4, -0.2) is 35.8 Å². The molecule has 1 aliphatic heterocycles. The Labute approximate surface area is 154 Å². The largest absolute Gasteiger partial charge is 0.490 e. The van der Waals surface area contributed by atoms with Gasteiger partial charge in [-0.15, -0.1) is 0 Å². The summed E-state index contributed by atoms with van der Waals surface area (Å²) in [5, 5.41) is 6.60. The number of hydrogen-bond acceptors (Lipinski definition) is 4. The molecular formula is C19H27N5O2. The Morgan fingerprint density at radius 1 is 1.27 bits per heavy atom. The summed E-state index contributed by atoms with van der Waals surface area (Å²) in [6.45, 7) is 7.30. The molecule has 0 amide bonds. The van der Waals surface area contributed by atoms with Crippen LogP contribution in [0.3, 0.4) is 0 Å². The van der Waals surface area contributed by atoms with Gasteiger partial charge in [-0.3, -0.25) is 4.99 Å². The Kier molecular flexibility index (Phi) is 5.99. The van der Waals surface area contributed by atoms with Crippen molar-refractivity contribution < 1.29 is 9.47 Å². The fourth-order valence-corrected chi connectivity index (χ4v) is 2.79. The van der Waals surface area contributed by atoms with Crippen molar-refractivity contribution in [2.45, 2.75) is 33.4 Å². The van der Waals surface area contributed by atoms with Crippen LogP contribution >= 0.6 is 0 Å². The van der Waals surface area contributed by atoms with Gasteiger partial charge >= 0.3 is 0 Å². The standard InChI is InChI=1S/C19H27N5O2/c1-14(2)13-24-8-7-21-18(24)12-22-19(20-3)23-15-5-6-16-17(11-15)26-10-4-9-25-16/h5-8,11,14H,4,9-10,12-13H2,1-3H3,(H2,20,22,23). The molecule has 3 rings (SSSR count). The maximum Gasteiger partial charge on any atom is 0.195 e. The van der Waals surface area contributed by atoms with Crippen molar-refractivity contribution in [3.63, 3.8) is 0 Å². The van der Waals surface area contributed by atoms with Gasteiger partial charge in [-0.1, -0.05) is 13.8 Å². The Morgan fingerprint density at radius 3 is 2.85 bits per heavy atom. The smallest absolute Gasteiger partial charge is 0.195 e. The van der Waals surface area contributed by atoms with Crippen molar-refractivity contribution in [3.05, 3.63) is 36.4 Å². The predicted molar refractivity (Wildman–Crippen MR) is 103 cm³/mol. The van der Waals surface area contributed by atoms with Crippen molar-refractivity contribution >= 4 is 11.6 Å². The summed E-state index contributed by atoms with van der Waals surface area (Å²) >= 11 is 0. The highest BCUT2D eigenvalue weighted by atomic mass is 16.5. The third-order valence-corrected chi connectivity index (χ3v) is 4.01. The fraction of sp³-hybridized carbons (Fsp3) is 0.474. The topological polar surface area (TPSA) is 72.7 Å². The zero-order valence-corrected chi connectivity index (χ0v) is 15.7. The van der Waals surface area contributed by atoms with Crippen molar-refractivity contribution in [1.29, 1.82) is 0 Å². The average Bonchev–Trinajstić information content (AvgIpc) is 2.92. The average molecular weight is 357 g/mol. The van der Waals surface area contributed by atoms with Crippen molar-refractivity contribution in [1.82, 2.24) is 14.9 Å². The van der Waals surface area contributed by atoms with Gasteiger partial charge < -0.3 is 24.7 Å². The molecule has 0 unspecified atom stereocenters. The van der Waals surface area contributed by atoms with Crippen LogP contribution < -0.4 is 20.1 Å². The number of imidazole rings is 1. The number of ether oxygens (including phenoxy) is 2. The quantitative estimate of drug-likeness (QED) is 0.636. The summed E-state index contributed by atoms with van der Waals surface area (Å²) in [7, 11) is 1.75. The van der Waals surface area contributed by atoms with E-state index in [0.29, 0.717) is 31.6 Å². The first-order valence-corrected chi connectivity index (χ1v) is 9.03. The summed E-state index contributed by atoms with van der Waals surface area (Å²) in [5.74, 6) is 3.78. The lowest BCUT2D eigenvalue weighted by atomic mass is 10.2. The molecule has 0 aliphatic carbocycles. The number of benzene rings is 1. The number of rotatable bonds is 5. The van der Waals surface area contributed by atoms with Gasteiger partial charge in [0.15, 0.2) is 17.5 Å². The maximum absolute atomic E-state index is 5.74. The second-order valence-corrected chi connectivity index (χ2v) is 6.65. The molecule has 2 aromatic rings. The molecule has 0 fully saturated rings. The first-order valence-electron chi connectivity index (χ1n) is 9.03. The summed E-state index contributed by atoms with van der Waals surface area (Å²) in [5.41, 5.74) is 0.896. The number of hydrogen-bond donors (Lipinski definition) is 2. The molecule has 2 N–H and O–H groups in total. The van der Waals surface area contributed by atoms with Gasteiger partial charge in [-0.25, -0.2) is 4.98 Å². The normalized spacial score (nSPS) is 14.2. The summed E-state index contributed by atoms with van der Waals surface area (Å²) < 4.78 is 13.6. The number of nitrogens with one attached hydrogen (secondary N) is 2. The van der Waals surface area contributed by atoms with E-state index in [2.05, 4.69) is 39.0 Å². The van der Waals surface area contributed by atoms with E-state index in [-0.39, 0.29) is 0 Å². The maximum atomic E-state index is 5.74. The third-order valence-electron chi connectivity index (χ3n) is 4.01. The number of fused-ring (bicyclic) bond motifs is 1. The Morgan fingerprint density at radius 2 is 2.08 bits per heavy atom. The molecule has 1 aromatic carbocycles. The van der Waals surface area contributed by atoms with Crippen LogP contribution in [0.2, 0.25) is 0 Å². The van der Waals surface area contributed by atoms with Gasteiger partial charge in [0.2, 0.25) is 0 Å². The molecule has 26 heavy (non-hydrogen) atoms. The lowest BCUT2D eigenvalue weighted by molar-refractivity contribution is 0.297. The van der Waals surface area contributed by atoms with E-state index in [9.17, 15) is 0 Å². The van der Waals surface area contributed by atoms with E-state index in [0.717, 1.165) is 36.0 Å². The molecule has 140 valence electrons. The zero-order chi connectivity index (χ0) is 18.4. The van der Waals surface area contributed by atoms with Crippen LogP contribution in [0.15, 0.2) is 35.6 Å². The second kappa shape index (κ2) is 8.60. The summed E-state index contributed by atoms with van der Waals surface area (Å²) in [6, 6.07) is 5.82. The molecular weight excluding hydrogens is 330 g/mol. The van der Waals surface area contributed by atoms with Gasteiger partial charge in [0.25, 0.3) is 0 Å². The van der Waals surface area contributed by atoms with Crippen LogP contribution in [0.1, 0.15) is 26.1 Å². The third kappa shape index (κ3) is 4.68. The number of guanidine groups is 1. The molecule has 0 saturated carbocycles. The number of aliphatic imine (C=N–C) groups is 1. The van der Waals surface area contributed by atoms with Gasteiger partial charge in [0.05, 0.1) is 19.8 Å². The van der Waals surface area contributed by atoms with E-state index in [4.69, 9.17) is 9.47 Å². The van der Waals surface area contributed by atoms with Crippen molar-refractivity contribution in [2.75, 3.05) is 25.6 Å². The van der Waals surface area contributed by atoms with Crippen LogP contribution in [0.4, 0.5) is 5.69 Å². The fourth-order valence-electron chi connectivity index (χ4n) is 2.79. The molecule has 0 spiro atoms. The first kappa shape index (κ1) is 18.1. The van der Waals surface area contributed by atoms with Gasteiger partial charge in [0.1, 0.15) is 5.82 Å². The molecule has 1 aliphatic rings. The van der Waals surface area contributed by atoms with Gasteiger partial charge in [0, 0.05) is 44.2 Å². The Bertz CT molecular complexity index is 754. The van der Waals surface area contributed by atoms with Gasteiger partial charge in [-0.05, 0) is 18.1 Å². The minimum atomic E-state index is 0.571. The lowest BCUT2D eigenvalue weighted by Crippen LogP contribution is -2.31. The minimum absolute atomic E-state index is 0.571. The summed E-state index contributed by atoms with van der Waals surface area (Å²) in [6.07, 6.45) is 4.74. The zero-order valence-electron chi connectivity index (χ0n) is 15.7. The van der Waals surface area contributed by atoms with E-state index in [1.807, 2.05) is 30.6 Å². The van der Waals surface area contributed by atoms with Crippen LogP contribution in [-0.2, 0) is 13.1 Å². The summed E-state index contributed by atoms with van der Waals surface area (Å²) in [4.78, 5) is 8.72. The lowest BCUT2D eigenvalue weighted by Gasteiger charge is -2.15. The monoisotopic (exact) mass is 357 g/mol. The highest BCUT2D eigenvalue weighted by Crippen LogP contribution is 2.32. The van der Waals surface area contributed by atoms with E-state index < -0.39 is 0 Å².